The molecule has 0 aromatic heterocycles. The van der Waals surface area contributed by atoms with Crippen LogP contribution in [0.3, 0.4) is 0 Å². The molecule has 1 atom stereocenters. The lowest BCUT2D eigenvalue weighted by molar-refractivity contribution is -0.131. The molecule has 2 aliphatic heterocycles. The summed E-state index contributed by atoms with van der Waals surface area (Å²) in [6, 6.07) is 10.1. The number of hydrogen-bond acceptors (Lipinski definition) is 5. The summed E-state index contributed by atoms with van der Waals surface area (Å²) in [7, 11) is -3.79. The number of rotatable bonds is 4. The molecule has 0 spiro atoms. The predicted molar refractivity (Wildman–Crippen MR) is 111 cm³/mol. The van der Waals surface area contributed by atoms with Crippen LogP contribution in [0, 0.1) is 5.82 Å². The first-order chi connectivity index (χ1) is 14.7. The van der Waals surface area contributed by atoms with Crippen LogP contribution < -0.4 is 10.1 Å². The van der Waals surface area contributed by atoms with Crippen LogP contribution in [0.25, 0.3) is 0 Å². The first-order valence-corrected chi connectivity index (χ1v) is 11.3. The zero-order chi connectivity index (χ0) is 22.2. The minimum absolute atomic E-state index is 0.0517. The number of piperazine rings is 1. The van der Waals surface area contributed by atoms with E-state index in [2.05, 4.69) is 5.32 Å². The Morgan fingerprint density at radius 3 is 2.48 bits per heavy atom. The fourth-order valence-electron chi connectivity index (χ4n) is 3.56. The first-order valence-electron chi connectivity index (χ1n) is 9.88. The van der Waals surface area contributed by atoms with E-state index in [4.69, 9.17) is 4.74 Å². The summed E-state index contributed by atoms with van der Waals surface area (Å²) >= 11 is 0. The van der Waals surface area contributed by atoms with E-state index in [9.17, 15) is 22.4 Å². The van der Waals surface area contributed by atoms with Crippen molar-refractivity contribution in [1.82, 2.24) is 9.21 Å². The van der Waals surface area contributed by atoms with Crippen LogP contribution in [0.4, 0.5) is 10.1 Å². The van der Waals surface area contributed by atoms with Crippen molar-refractivity contribution in [1.29, 1.82) is 0 Å². The molecule has 2 aromatic carbocycles. The second kappa shape index (κ2) is 8.27. The molecule has 1 fully saturated rings. The van der Waals surface area contributed by atoms with Crippen molar-refractivity contribution >= 4 is 27.5 Å². The van der Waals surface area contributed by atoms with Gasteiger partial charge in [-0.25, -0.2) is 12.8 Å². The number of nitrogens with one attached hydrogen (secondary N) is 1. The van der Waals surface area contributed by atoms with Gasteiger partial charge in [-0.2, -0.15) is 4.31 Å². The lowest BCUT2D eigenvalue weighted by Crippen LogP contribution is -2.50. The zero-order valence-corrected chi connectivity index (χ0v) is 17.7. The van der Waals surface area contributed by atoms with Crippen molar-refractivity contribution in [3.05, 3.63) is 53.8 Å². The number of anilines is 1. The van der Waals surface area contributed by atoms with Crippen LogP contribution in [0.15, 0.2) is 47.4 Å². The van der Waals surface area contributed by atoms with Crippen molar-refractivity contribution in [2.75, 3.05) is 31.5 Å². The van der Waals surface area contributed by atoms with Gasteiger partial charge in [-0.05, 0) is 42.8 Å². The number of benzene rings is 2. The Morgan fingerprint density at radius 1 is 1.13 bits per heavy atom. The maximum Gasteiger partial charge on any atom is 0.265 e. The minimum atomic E-state index is -3.79. The number of amides is 2. The molecule has 2 heterocycles. The topological polar surface area (TPSA) is 96.0 Å². The molecular formula is C21H22FN3O5S. The maximum absolute atomic E-state index is 13.1. The SMILES string of the molecule is CC1Oc2ccc(S(=O)(=O)N3CCN(C(=O)Cc4ccc(F)cc4)CC3)cc2NC1=O. The van der Waals surface area contributed by atoms with E-state index >= 15 is 0 Å². The van der Waals surface area contributed by atoms with Gasteiger partial charge in [0.1, 0.15) is 11.6 Å². The highest BCUT2D eigenvalue weighted by atomic mass is 32.2. The molecule has 0 radical (unpaired) electrons. The number of sulfonamides is 1. The number of fused-ring (bicyclic) bond motifs is 1. The Labute approximate surface area is 179 Å². The Hall–Kier alpha value is -2.98. The third kappa shape index (κ3) is 4.40. The number of carbonyl (C=O) groups excluding carboxylic acids is 2. The molecule has 8 nitrogen and oxygen atoms in total. The van der Waals surface area contributed by atoms with Gasteiger partial charge in [0.05, 0.1) is 17.0 Å². The summed E-state index contributed by atoms with van der Waals surface area (Å²) in [4.78, 5) is 26.0. The summed E-state index contributed by atoms with van der Waals surface area (Å²) in [5.74, 6) is -0.415. The molecule has 0 saturated carbocycles. The van der Waals surface area contributed by atoms with Gasteiger partial charge in [-0.3, -0.25) is 9.59 Å². The summed E-state index contributed by atoms with van der Waals surface area (Å²) in [6.07, 6.45) is -0.508. The van der Waals surface area contributed by atoms with Gasteiger partial charge in [0.2, 0.25) is 15.9 Å². The van der Waals surface area contributed by atoms with Crippen molar-refractivity contribution in [3.63, 3.8) is 0 Å². The molecule has 2 amide bonds. The van der Waals surface area contributed by atoms with E-state index in [-0.39, 0.29) is 55.1 Å². The molecular weight excluding hydrogens is 425 g/mol. The van der Waals surface area contributed by atoms with Crippen LogP contribution in [-0.4, -0.2) is 61.7 Å². The Morgan fingerprint density at radius 2 is 1.81 bits per heavy atom. The second-order valence-electron chi connectivity index (χ2n) is 7.50. The monoisotopic (exact) mass is 447 g/mol. The van der Waals surface area contributed by atoms with Crippen molar-refractivity contribution in [2.45, 2.75) is 24.3 Å². The lowest BCUT2D eigenvalue weighted by Gasteiger charge is -2.34. The lowest BCUT2D eigenvalue weighted by atomic mass is 10.1. The fourth-order valence-corrected chi connectivity index (χ4v) is 5.01. The van der Waals surface area contributed by atoms with Gasteiger partial charge in [-0.15, -0.1) is 0 Å². The van der Waals surface area contributed by atoms with E-state index in [0.29, 0.717) is 17.0 Å². The zero-order valence-electron chi connectivity index (χ0n) is 16.9. The average Bonchev–Trinajstić information content (AvgIpc) is 2.76. The smallest absolute Gasteiger partial charge is 0.265 e. The molecule has 0 aliphatic carbocycles. The van der Waals surface area contributed by atoms with Gasteiger partial charge in [0.15, 0.2) is 6.10 Å². The Balaban J connectivity index is 1.41. The normalized spacial score (nSPS) is 19.4. The van der Waals surface area contributed by atoms with E-state index in [0.717, 1.165) is 0 Å². The molecule has 1 N–H and O–H groups in total. The number of hydrogen-bond donors (Lipinski definition) is 1. The van der Waals surface area contributed by atoms with Crippen molar-refractivity contribution < 1.29 is 27.1 Å². The summed E-state index contributed by atoms with van der Waals surface area (Å²) in [6.45, 7) is 2.46. The third-order valence-electron chi connectivity index (χ3n) is 5.38. The van der Waals surface area contributed by atoms with Crippen LogP contribution in [0.2, 0.25) is 0 Å². The van der Waals surface area contributed by atoms with Crippen LogP contribution in [0.1, 0.15) is 12.5 Å². The Bertz CT molecular complexity index is 1110. The molecule has 1 saturated heterocycles. The van der Waals surface area contributed by atoms with Crippen LogP contribution >= 0.6 is 0 Å². The number of halogens is 1. The quantitative estimate of drug-likeness (QED) is 0.769. The van der Waals surface area contributed by atoms with E-state index in [1.165, 1.54) is 34.6 Å². The molecule has 2 aliphatic rings. The fraction of sp³-hybridized carbons (Fsp3) is 0.333. The molecule has 10 heteroatoms. The standard InChI is InChI=1S/C21H22FN3O5S/c1-14-21(27)23-18-13-17(6-7-19(18)30-14)31(28,29)25-10-8-24(9-11-25)20(26)12-15-2-4-16(22)5-3-15/h2-7,13-14H,8-12H2,1H3,(H,23,27). The highest BCUT2D eigenvalue weighted by Gasteiger charge is 2.32. The van der Waals surface area contributed by atoms with Crippen LogP contribution in [0.5, 0.6) is 5.75 Å². The van der Waals surface area contributed by atoms with Gasteiger partial charge in [0, 0.05) is 26.2 Å². The highest BCUT2D eigenvalue weighted by Crippen LogP contribution is 2.33. The van der Waals surface area contributed by atoms with Gasteiger partial charge in [0.25, 0.3) is 5.91 Å². The first kappa shape index (κ1) is 21.3. The molecule has 1 unspecified atom stereocenters. The minimum Gasteiger partial charge on any atom is -0.479 e. The van der Waals surface area contributed by atoms with Crippen molar-refractivity contribution in [3.8, 4) is 5.75 Å². The van der Waals surface area contributed by atoms with E-state index < -0.39 is 16.1 Å². The Kier molecular flexibility index (Phi) is 5.67. The molecule has 31 heavy (non-hydrogen) atoms. The molecule has 2 aromatic rings. The van der Waals surface area contributed by atoms with Gasteiger partial charge >= 0.3 is 0 Å². The highest BCUT2D eigenvalue weighted by molar-refractivity contribution is 7.89. The van der Waals surface area contributed by atoms with E-state index in [1.54, 1.807) is 24.0 Å². The van der Waals surface area contributed by atoms with Gasteiger partial charge in [-0.1, -0.05) is 12.1 Å². The average molecular weight is 447 g/mol. The van der Waals surface area contributed by atoms with Crippen molar-refractivity contribution in [2.24, 2.45) is 0 Å². The van der Waals surface area contributed by atoms with E-state index in [1.807, 2.05) is 0 Å². The van der Waals surface area contributed by atoms with Crippen LogP contribution in [-0.2, 0) is 26.0 Å². The summed E-state index contributed by atoms with van der Waals surface area (Å²) < 4.78 is 45.9. The number of ether oxygens (including phenoxy) is 1. The summed E-state index contributed by atoms with van der Waals surface area (Å²) in [5, 5.41) is 2.65. The molecule has 0 bridgehead atoms. The third-order valence-corrected chi connectivity index (χ3v) is 7.27. The second-order valence-corrected chi connectivity index (χ2v) is 9.43. The number of carbonyl (C=O) groups is 2. The molecule has 164 valence electrons. The number of nitrogens with zero attached hydrogens (tertiary/aromatic N) is 2. The maximum atomic E-state index is 13.1. The molecule has 4 rings (SSSR count). The summed E-state index contributed by atoms with van der Waals surface area (Å²) in [5.41, 5.74) is 1.02. The van der Waals surface area contributed by atoms with Gasteiger partial charge < -0.3 is 15.0 Å². The largest absolute Gasteiger partial charge is 0.479 e. The predicted octanol–water partition coefficient (Wildman–Crippen LogP) is 1.62.